The largest absolute Gasteiger partial charge is 0.494 e. The van der Waals surface area contributed by atoms with Gasteiger partial charge in [0.2, 0.25) is 5.43 Å². The number of aromatic nitrogens is 1. The Balaban J connectivity index is 1.62. The molecule has 0 bridgehead atoms. The molecule has 3 aromatic rings. The maximum absolute atomic E-state index is 12.9. The molecule has 6 nitrogen and oxygen atoms in total. The lowest BCUT2D eigenvalue weighted by molar-refractivity contribution is 0.0949. The molecule has 0 radical (unpaired) electrons. The average molecular weight is 399 g/mol. The van der Waals surface area contributed by atoms with Crippen LogP contribution in [0.15, 0.2) is 47.4 Å². The fraction of sp³-hybridized carbons (Fsp3) is 0.238. The van der Waals surface area contributed by atoms with Gasteiger partial charge in [0.05, 0.1) is 29.1 Å². The lowest BCUT2D eigenvalue weighted by Crippen LogP contribution is -2.31. The SMILES string of the molecule is CCOc1ccc(CNC(=O)c2cn3c4c(ccc(Cl)c4c2=O)OCC3)cc1. The first-order chi connectivity index (χ1) is 13.6. The topological polar surface area (TPSA) is 69.6 Å². The number of carbonyl (C=O) groups excluding carboxylic acids is 1. The van der Waals surface area contributed by atoms with Crippen molar-refractivity contribution in [2.45, 2.75) is 20.0 Å². The number of hydrogen-bond acceptors (Lipinski definition) is 4. The molecule has 28 heavy (non-hydrogen) atoms. The predicted octanol–water partition coefficient (Wildman–Crippen LogP) is 3.38. The van der Waals surface area contributed by atoms with Crippen molar-refractivity contribution in [2.24, 2.45) is 0 Å². The van der Waals surface area contributed by atoms with Gasteiger partial charge in [-0.15, -0.1) is 0 Å². The summed E-state index contributed by atoms with van der Waals surface area (Å²) in [7, 11) is 0. The van der Waals surface area contributed by atoms with Crippen LogP contribution in [0.5, 0.6) is 11.5 Å². The zero-order chi connectivity index (χ0) is 19.7. The predicted molar refractivity (Wildman–Crippen MR) is 107 cm³/mol. The monoisotopic (exact) mass is 398 g/mol. The third-order valence-corrected chi connectivity index (χ3v) is 4.97. The molecule has 0 atom stereocenters. The number of pyridine rings is 1. The summed E-state index contributed by atoms with van der Waals surface area (Å²) in [5.74, 6) is 0.943. The van der Waals surface area contributed by atoms with E-state index in [1.165, 1.54) is 0 Å². The maximum atomic E-state index is 12.9. The van der Waals surface area contributed by atoms with Crippen LogP contribution in [0.25, 0.3) is 10.9 Å². The quantitative estimate of drug-likeness (QED) is 0.715. The van der Waals surface area contributed by atoms with Crippen molar-refractivity contribution in [3.8, 4) is 11.5 Å². The van der Waals surface area contributed by atoms with Crippen LogP contribution in [0.1, 0.15) is 22.8 Å². The summed E-state index contributed by atoms with van der Waals surface area (Å²) in [6.07, 6.45) is 1.58. The van der Waals surface area contributed by atoms with E-state index >= 15 is 0 Å². The summed E-state index contributed by atoms with van der Waals surface area (Å²) < 4.78 is 12.9. The van der Waals surface area contributed by atoms with Crippen LogP contribution in [0.3, 0.4) is 0 Å². The van der Waals surface area contributed by atoms with Gasteiger partial charge in [-0.3, -0.25) is 9.59 Å². The van der Waals surface area contributed by atoms with Gasteiger partial charge in [-0.2, -0.15) is 0 Å². The Labute approximate surface area is 166 Å². The molecule has 1 aromatic heterocycles. The molecule has 0 saturated carbocycles. The number of ether oxygens (including phenoxy) is 2. The number of amides is 1. The van der Waals surface area contributed by atoms with Crippen molar-refractivity contribution >= 4 is 28.4 Å². The molecule has 1 aliphatic rings. The Morgan fingerprint density at radius 3 is 2.79 bits per heavy atom. The lowest BCUT2D eigenvalue weighted by Gasteiger charge is -2.22. The second-order valence-electron chi connectivity index (χ2n) is 6.44. The fourth-order valence-corrected chi connectivity index (χ4v) is 3.56. The average Bonchev–Trinajstić information content (AvgIpc) is 2.71. The van der Waals surface area contributed by atoms with Gasteiger partial charge >= 0.3 is 0 Å². The first kappa shape index (κ1) is 18.4. The number of rotatable bonds is 5. The molecule has 4 rings (SSSR count). The van der Waals surface area contributed by atoms with Crippen molar-refractivity contribution < 1.29 is 14.3 Å². The zero-order valence-corrected chi connectivity index (χ0v) is 16.1. The Bertz CT molecular complexity index is 1110. The number of carbonyl (C=O) groups is 1. The van der Waals surface area contributed by atoms with E-state index in [4.69, 9.17) is 21.1 Å². The van der Waals surface area contributed by atoms with E-state index in [0.29, 0.717) is 48.0 Å². The van der Waals surface area contributed by atoms with Crippen LogP contribution < -0.4 is 20.2 Å². The van der Waals surface area contributed by atoms with Crippen LogP contribution in [0.4, 0.5) is 0 Å². The van der Waals surface area contributed by atoms with Crippen molar-refractivity contribution in [1.29, 1.82) is 0 Å². The second kappa shape index (κ2) is 7.56. The van der Waals surface area contributed by atoms with Gasteiger partial charge in [0.15, 0.2) is 0 Å². The highest BCUT2D eigenvalue weighted by molar-refractivity contribution is 6.35. The van der Waals surface area contributed by atoms with Gasteiger partial charge < -0.3 is 19.4 Å². The zero-order valence-electron chi connectivity index (χ0n) is 15.3. The molecule has 0 spiro atoms. The molecule has 2 aromatic carbocycles. The molecule has 2 heterocycles. The van der Waals surface area contributed by atoms with Crippen LogP contribution in [0, 0.1) is 0 Å². The van der Waals surface area contributed by atoms with Crippen LogP contribution in [-0.2, 0) is 13.1 Å². The van der Waals surface area contributed by atoms with Crippen molar-refractivity contribution in [1.82, 2.24) is 9.88 Å². The first-order valence-corrected chi connectivity index (χ1v) is 9.44. The van der Waals surface area contributed by atoms with Gasteiger partial charge in [-0.05, 0) is 36.8 Å². The first-order valence-electron chi connectivity index (χ1n) is 9.07. The van der Waals surface area contributed by atoms with Crippen LogP contribution >= 0.6 is 11.6 Å². The van der Waals surface area contributed by atoms with Crippen molar-refractivity contribution in [3.63, 3.8) is 0 Å². The molecule has 144 valence electrons. The van der Waals surface area contributed by atoms with E-state index in [1.807, 2.05) is 35.8 Å². The van der Waals surface area contributed by atoms with E-state index < -0.39 is 11.3 Å². The molecule has 0 unspecified atom stereocenters. The van der Waals surface area contributed by atoms with E-state index in [-0.39, 0.29) is 5.56 Å². The minimum atomic E-state index is -0.433. The van der Waals surface area contributed by atoms with Gasteiger partial charge in [-0.25, -0.2) is 0 Å². The van der Waals surface area contributed by atoms with E-state index in [1.54, 1.807) is 18.3 Å². The Morgan fingerprint density at radius 2 is 2.04 bits per heavy atom. The number of benzene rings is 2. The summed E-state index contributed by atoms with van der Waals surface area (Å²) in [4.78, 5) is 25.6. The summed E-state index contributed by atoms with van der Waals surface area (Å²) in [5, 5.41) is 3.43. The highest BCUT2D eigenvalue weighted by Gasteiger charge is 2.22. The number of nitrogens with zero attached hydrogens (tertiary/aromatic N) is 1. The lowest BCUT2D eigenvalue weighted by atomic mass is 10.1. The minimum absolute atomic E-state index is 0.0689. The Hall–Kier alpha value is -2.99. The third-order valence-electron chi connectivity index (χ3n) is 4.66. The molecular weight excluding hydrogens is 380 g/mol. The number of hydrogen-bond donors (Lipinski definition) is 1. The van der Waals surface area contributed by atoms with E-state index in [0.717, 1.165) is 11.3 Å². The fourth-order valence-electron chi connectivity index (χ4n) is 3.32. The van der Waals surface area contributed by atoms with Crippen molar-refractivity contribution in [3.05, 3.63) is 69.0 Å². The van der Waals surface area contributed by atoms with Gasteiger partial charge in [-0.1, -0.05) is 23.7 Å². The molecule has 1 N–H and O–H groups in total. The van der Waals surface area contributed by atoms with Crippen LogP contribution in [0.2, 0.25) is 5.02 Å². The van der Waals surface area contributed by atoms with E-state index in [9.17, 15) is 9.59 Å². The smallest absolute Gasteiger partial charge is 0.257 e. The Morgan fingerprint density at radius 1 is 1.25 bits per heavy atom. The van der Waals surface area contributed by atoms with Crippen LogP contribution in [-0.4, -0.2) is 23.7 Å². The highest BCUT2D eigenvalue weighted by atomic mass is 35.5. The molecule has 1 amide bonds. The minimum Gasteiger partial charge on any atom is -0.494 e. The number of halogens is 1. The standard InChI is InChI=1S/C21H19ClN2O4/c1-2-27-14-5-3-13(4-6-14)11-23-21(26)15-12-24-9-10-28-17-8-7-16(22)18(19(17)24)20(15)25/h3-8,12H,2,9-11H2,1H3,(H,23,26). The number of nitrogens with one attached hydrogen (secondary N) is 1. The second-order valence-corrected chi connectivity index (χ2v) is 6.85. The van der Waals surface area contributed by atoms with Gasteiger partial charge in [0, 0.05) is 12.7 Å². The van der Waals surface area contributed by atoms with Gasteiger partial charge in [0.1, 0.15) is 23.7 Å². The molecule has 0 fully saturated rings. The van der Waals surface area contributed by atoms with Crippen molar-refractivity contribution in [2.75, 3.05) is 13.2 Å². The Kier molecular flexibility index (Phi) is 4.96. The summed E-state index contributed by atoms with van der Waals surface area (Å²) in [5.41, 5.74) is 1.21. The van der Waals surface area contributed by atoms with Gasteiger partial charge in [0.25, 0.3) is 5.91 Å². The molecule has 0 aliphatic carbocycles. The summed E-state index contributed by atoms with van der Waals surface area (Å²) in [6.45, 7) is 3.84. The normalized spacial score (nSPS) is 12.5. The maximum Gasteiger partial charge on any atom is 0.257 e. The molecule has 7 heteroatoms. The summed E-state index contributed by atoms with van der Waals surface area (Å²) in [6, 6.07) is 10.8. The summed E-state index contributed by atoms with van der Waals surface area (Å²) >= 11 is 6.26. The highest BCUT2D eigenvalue weighted by Crippen LogP contribution is 2.32. The molecular formula is C21H19ClN2O4. The molecule has 1 aliphatic heterocycles. The molecule has 0 saturated heterocycles. The van der Waals surface area contributed by atoms with E-state index in [2.05, 4.69) is 5.32 Å². The third kappa shape index (κ3) is 3.31.